The first-order valence-corrected chi connectivity index (χ1v) is 5.34. The molecule has 0 nitrogen and oxygen atoms in total. The maximum atomic E-state index is 3.92. The Morgan fingerprint density at radius 1 is 1.62 bits per heavy atom. The fourth-order valence-electron chi connectivity index (χ4n) is 1.04. The maximum Gasteiger partial charge on any atom is 0.0355 e. The van der Waals surface area contributed by atoms with Crippen LogP contribution in [-0.2, 0) is 0 Å². The first-order valence-electron chi connectivity index (χ1n) is 4.40. The van der Waals surface area contributed by atoms with E-state index in [2.05, 4.69) is 37.6 Å². The molecule has 0 aromatic carbocycles. The van der Waals surface area contributed by atoms with Crippen molar-refractivity contribution in [3.8, 4) is 11.8 Å². The topological polar surface area (TPSA) is 0 Å². The average Bonchev–Trinajstić information content (AvgIpc) is 2.51. The van der Waals surface area contributed by atoms with Crippen LogP contribution in [0.3, 0.4) is 0 Å². The molecule has 1 heterocycles. The van der Waals surface area contributed by atoms with E-state index in [1.807, 2.05) is 11.4 Å². The Kier molecular flexibility index (Phi) is 3.79. The second-order valence-electron chi connectivity index (χ2n) is 3.46. The quantitative estimate of drug-likeness (QED) is 0.624. The summed E-state index contributed by atoms with van der Waals surface area (Å²) in [5, 5.41) is 4.09. The first kappa shape index (κ1) is 10.1. The summed E-state index contributed by atoms with van der Waals surface area (Å²) in [5.74, 6) is 6.81. The molecule has 1 rings (SSSR count). The minimum absolute atomic E-state index is 0.643. The van der Waals surface area contributed by atoms with Crippen LogP contribution in [0.2, 0.25) is 0 Å². The van der Waals surface area contributed by atoms with Crippen LogP contribution in [0, 0.1) is 17.8 Å². The van der Waals surface area contributed by atoms with Gasteiger partial charge in [-0.15, -0.1) is 0 Å². The van der Waals surface area contributed by atoms with Gasteiger partial charge in [-0.25, -0.2) is 0 Å². The van der Waals surface area contributed by atoms with E-state index in [0.29, 0.717) is 5.92 Å². The number of rotatable bonds is 2. The zero-order chi connectivity index (χ0) is 9.68. The van der Waals surface area contributed by atoms with Crippen LogP contribution in [0.5, 0.6) is 0 Å². The Bertz CT molecular complexity index is 320. The molecular weight excluding hydrogens is 176 g/mol. The van der Waals surface area contributed by atoms with Crippen LogP contribution >= 0.6 is 11.3 Å². The summed E-state index contributed by atoms with van der Waals surface area (Å²) >= 11 is 1.67. The second kappa shape index (κ2) is 4.89. The third-order valence-electron chi connectivity index (χ3n) is 1.56. The van der Waals surface area contributed by atoms with Crippen molar-refractivity contribution in [2.24, 2.45) is 5.92 Å². The van der Waals surface area contributed by atoms with E-state index in [-0.39, 0.29) is 0 Å². The molecule has 0 amide bonds. The summed E-state index contributed by atoms with van der Waals surface area (Å²) in [7, 11) is 0. The van der Waals surface area contributed by atoms with Gasteiger partial charge in [-0.3, -0.25) is 0 Å². The van der Waals surface area contributed by atoms with Crippen LogP contribution in [0.4, 0.5) is 0 Å². The van der Waals surface area contributed by atoms with Crippen LogP contribution in [0.1, 0.15) is 25.8 Å². The normalized spacial score (nSPS) is 9.46. The number of thiophene rings is 1. The van der Waals surface area contributed by atoms with Gasteiger partial charge in [0.2, 0.25) is 0 Å². The third kappa shape index (κ3) is 3.96. The van der Waals surface area contributed by atoms with Crippen LogP contribution < -0.4 is 0 Å². The van der Waals surface area contributed by atoms with Crippen LogP contribution in [-0.4, -0.2) is 0 Å². The highest BCUT2D eigenvalue weighted by Gasteiger charge is 1.94. The molecular formula is C12H14S. The molecule has 0 saturated carbocycles. The zero-order valence-electron chi connectivity index (χ0n) is 8.13. The minimum atomic E-state index is 0.643. The highest BCUT2D eigenvalue weighted by atomic mass is 32.1. The van der Waals surface area contributed by atoms with E-state index in [4.69, 9.17) is 0 Å². The predicted molar refractivity (Wildman–Crippen MR) is 59.8 cm³/mol. The molecule has 1 aromatic rings. The Hall–Kier alpha value is -1.000. The van der Waals surface area contributed by atoms with Crippen LogP contribution in [0.25, 0.3) is 0 Å². The van der Waals surface area contributed by atoms with Crippen molar-refractivity contribution >= 4 is 11.3 Å². The van der Waals surface area contributed by atoms with Crippen molar-refractivity contribution in [3.05, 3.63) is 34.5 Å². The lowest BCUT2D eigenvalue weighted by atomic mass is 10.0. The molecule has 0 N–H and O–H groups in total. The second-order valence-corrected chi connectivity index (χ2v) is 4.24. The molecule has 1 aromatic heterocycles. The standard InChI is InChI=1S/C12H14S/c1-10(2)8-11(3)4-5-12-6-7-13-9-12/h6-7,9-10H,3,8H2,1-2H3. The molecule has 68 valence electrons. The molecule has 0 bridgehead atoms. The highest BCUT2D eigenvalue weighted by molar-refractivity contribution is 7.08. The summed E-state index contributed by atoms with van der Waals surface area (Å²) in [6, 6.07) is 2.03. The molecule has 0 radical (unpaired) electrons. The number of hydrogen-bond acceptors (Lipinski definition) is 1. The van der Waals surface area contributed by atoms with Crippen molar-refractivity contribution in [2.75, 3.05) is 0 Å². The van der Waals surface area contributed by atoms with Gasteiger partial charge in [0.1, 0.15) is 0 Å². The van der Waals surface area contributed by atoms with E-state index >= 15 is 0 Å². The van der Waals surface area contributed by atoms with Gasteiger partial charge >= 0.3 is 0 Å². The number of hydrogen-bond donors (Lipinski definition) is 0. The molecule has 0 saturated heterocycles. The van der Waals surface area contributed by atoms with Crippen LogP contribution in [0.15, 0.2) is 29.0 Å². The largest absolute Gasteiger partial charge is 0.151 e. The van der Waals surface area contributed by atoms with Gasteiger partial charge in [0.15, 0.2) is 0 Å². The Morgan fingerprint density at radius 3 is 2.92 bits per heavy atom. The van der Waals surface area contributed by atoms with Crippen molar-refractivity contribution in [1.82, 2.24) is 0 Å². The van der Waals surface area contributed by atoms with E-state index in [0.717, 1.165) is 17.6 Å². The Morgan fingerprint density at radius 2 is 2.38 bits per heavy atom. The fourth-order valence-corrected chi connectivity index (χ4v) is 1.63. The van der Waals surface area contributed by atoms with Crippen molar-refractivity contribution in [3.63, 3.8) is 0 Å². The lowest BCUT2D eigenvalue weighted by molar-refractivity contribution is 0.653. The number of allylic oxidation sites excluding steroid dienone is 1. The zero-order valence-corrected chi connectivity index (χ0v) is 8.95. The van der Waals surface area contributed by atoms with Crippen molar-refractivity contribution in [1.29, 1.82) is 0 Å². The molecule has 1 heteroatoms. The molecule has 0 aliphatic carbocycles. The van der Waals surface area contributed by atoms with Gasteiger partial charge in [-0.2, -0.15) is 11.3 Å². The Balaban J connectivity index is 2.53. The molecule has 0 spiro atoms. The smallest absolute Gasteiger partial charge is 0.0355 e. The summed E-state index contributed by atoms with van der Waals surface area (Å²) in [6.45, 7) is 8.28. The lowest BCUT2D eigenvalue weighted by Gasteiger charge is -2.00. The monoisotopic (exact) mass is 190 g/mol. The Labute approximate surface area is 84.3 Å². The summed E-state index contributed by atoms with van der Waals surface area (Å²) in [4.78, 5) is 0. The summed E-state index contributed by atoms with van der Waals surface area (Å²) < 4.78 is 0. The van der Waals surface area contributed by atoms with E-state index in [1.54, 1.807) is 11.3 Å². The van der Waals surface area contributed by atoms with Gasteiger partial charge in [0.25, 0.3) is 0 Å². The molecule has 0 aliphatic rings. The summed E-state index contributed by atoms with van der Waals surface area (Å²) in [6.07, 6.45) is 0.997. The SMILES string of the molecule is C=C(C#Cc1ccsc1)CC(C)C. The fraction of sp³-hybridized carbons (Fsp3) is 0.333. The molecule has 13 heavy (non-hydrogen) atoms. The van der Waals surface area contributed by atoms with Crippen molar-refractivity contribution in [2.45, 2.75) is 20.3 Å². The van der Waals surface area contributed by atoms with Gasteiger partial charge < -0.3 is 0 Å². The van der Waals surface area contributed by atoms with Gasteiger partial charge in [-0.05, 0) is 29.4 Å². The van der Waals surface area contributed by atoms with E-state index < -0.39 is 0 Å². The lowest BCUT2D eigenvalue weighted by Crippen LogP contribution is -1.87. The first-order chi connectivity index (χ1) is 6.18. The van der Waals surface area contributed by atoms with E-state index in [1.165, 1.54) is 0 Å². The van der Waals surface area contributed by atoms with Crippen molar-refractivity contribution < 1.29 is 0 Å². The predicted octanol–water partition coefficient (Wildman–Crippen LogP) is 3.70. The van der Waals surface area contributed by atoms with Gasteiger partial charge in [0.05, 0.1) is 0 Å². The molecule has 0 aliphatic heterocycles. The summed E-state index contributed by atoms with van der Waals surface area (Å²) in [5.41, 5.74) is 2.12. The molecule has 0 unspecified atom stereocenters. The maximum absolute atomic E-state index is 3.92. The van der Waals surface area contributed by atoms with Gasteiger partial charge in [0, 0.05) is 10.9 Å². The minimum Gasteiger partial charge on any atom is -0.151 e. The average molecular weight is 190 g/mol. The van der Waals surface area contributed by atoms with Gasteiger partial charge in [-0.1, -0.05) is 32.3 Å². The van der Waals surface area contributed by atoms with E-state index in [9.17, 15) is 0 Å². The third-order valence-corrected chi connectivity index (χ3v) is 2.24. The molecule has 0 fully saturated rings. The molecule has 0 atom stereocenters. The highest BCUT2D eigenvalue weighted by Crippen LogP contribution is 2.08.